The predicted molar refractivity (Wildman–Crippen MR) is 116 cm³/mol. The van der Waals surface area contributed by atoms with E-state index in [-0.39, 0.29) is 11.9 Å². The second-order valence-electron chi connectivity index (χ2n) is 8.33. The minimum absolute atomic E-state index is 0.00473. The summed E-state index contributed by atoms with van der Waals surface area (Å²) >= 11 is 0. The van der Waals surface area contributed by atoms with Crippen LogP contribution in [-0.4, -0.2) is 24.0 Å². The molecule has 1 amide bonds. The third-order valence-electron chi connectivity index (χ3n) is 6.58. The van der Waals surface area contributed by atoms with Crippen molar-refractivity contribution in [2.45, 2.75) is 44.2 Å². The van der Waals surface area contributed by atoms with Crippen molar-refractivity contribution in [3.8, 4) is 0 Å². The number of rotatable bonds is 4. The first kappa shape index (κ1) is 18.4. The number of carbonyl (C=O) groups is 1. The average molecular weight is 389 g/mol. The Morgan fingerprint density at radius 2 is 1.93 bits per heavy atom. The summed E-state index contributed by atoms with van der Waals surface area (Å²) in [5.41, 5.74) is 12.6. The molecule has 5 N–H and O–H groups in total. The van der Waals surface area contributed by atoms with E-state index >= 15 is 0 Å². The topological polar surface area (TPSA) is 82.9 Å². The largest absolute Gasteiger partial charge is 0.361 e. The van der Waals surface area contributed by atoms with Crippen LogP contribution < -0.4 is 16.4 Å². The number of nitrogens with one attached hydrogen (secondary N) is 3. The van der Waals surface area contributed by atoms with Crippen molar-refractivity contribution in [3.05, 3.63) is 70.4 Å². The SMILES string of the molecule is NCc1ccc2c(c1)CCC2NC(=O)c1ccc2[nH]cc(C3CCNCC3)c2c1. The molecule has 0 saturated carbocycles. The van der Waals surface area contributed by atoms with Gasteiger partial charge in [-0.2, -0.15) is 0 Å². The van der Waals surface area contributed by atoms with Gasteiger partial charge in [0, 0.05) is 29.2 Å². The molecular formula is C24H28N4O. The second-order valence-corrected chi connectivity index (χ2v) is 8.33. The van der Waals surface area contributed by atoms with E-state index < -0.39 is 0 Å². The lowest BCUT2D eigenvalue weighted by molar-refractivity contribution is 0.0937. The maximum atomic E-state index is 13.0. The zero-order valence-corrected chi connectivity index (χ0v) is 16.6. The van der Waals surface area contributed by atoms with E-state index in [1.807, 2.05) is 12.1 Å². The first-order chi connectivity index (χ1) is 14.2. The van der Waals surface area contributed by atoms with Crippen molar-refractivity contribution in [3.63, 3.8) is 0 Å². The lowest BCUT2D eigenvalue weighted by Gasteiger charge is -2.22. The second kappa shape index (κ2) is 7.65. The van der Waals surface area contributed by atoms with E-state index in [0.717, 1.165) is 55.4 Å². The van der Waals surface area contributed by atoms with Gasteiger partial charge in [-0.1, -0.05) is 18.2 Å². The molecule has 5 nitrogen and oxygen atoms in total. The van der Waals surface area contributed by atoms with Crippen molar-refractivity contribution in [2.75, 3.05) is 13.1 Å². The van der Waals surface area contributed by atoms with Gasteiger partial charge in [0.2, 0.25) is 0 Å². The zero-order valence-electron chi connectivity index (χ0n) is 16.6. The lowest BCUT2D eigenvalue weighted by atomic mass is 9.89. The summed E-state index contributed by atoms with van der Waals surface area (Å²) in [6.07, 6.45) is 6.36. The van der Waals surface area contributed by atoms with Crippen LogP contribution in [0.2, 0.25) is 0 Å². The Kier molecular flexibility index (Phi) is 4.86. The number of amides is 1. The minimum atomic E-state index is 0.00473. The zero-order chi connectivity index (χ0) is 19.8. The molecule has 0 radical (unpaired) electrons. The van der Waals surface area contributed by atoms with Crippen molar-refractivity contribution in [2.24, 2.45) is 5.73 Å². The van der Waals surface area contributed by atoms with Crippen LogP contribution in [0.4, 0.5) is 0 Å². The highest BCUT2D eigenvalue weighted by molar-refractivity contribution is 5.99. The maximum Gasteiger partial charge on any atom is 0.251 e. The number of H-pyrrole nitrogens is 1. The first-order valence-electron chi connectivity index (χ1n) is 10.7. The molecule has 1 fully saturated rings. The number of aryl methyl sites for hydroxylation is 1. The van der Waals surface area contributed by atoms with Gasteiger partial charge in [0.15, 0.2) is 0 Å². The van der Waals surface area contributed by atoms with E-state index in [2.05, 4.69) is 46.1 Å². The van der Waals surface area contributed by atoms with Crippen molar-refractivity contribution in [1.29, 1.82) is 0 Å². The summed E-state index contributed by atoms with van der Waals surface area (Å²) in [6, 6.07) is 12.5. The molecule has 1 atom stereocenters. The number of hydrogen-bond acceptors (Lipinski definition) is 3. The first-order valence-corrected chi connectivity index (χ1v) is 10.7. The molecule has 150 valence electrons. The van der Waals surface area contributed by atoms with Crippen LogP contribution in [0.1, 0.15) is 63.8 Å². The number of piperidine rings is 1. The molecule has 5 rings (SSSR count). The number of benzene rings is 2. The van der Waals surface area contributed by atoms with Gasteiger partial charge in [0.05, 0.1) is 6.04 Å². The fourth-order valence-corrected chi connectivity index (χ4v) is 4.94. The number of fused-ring (bicyclic) bond motifs is 2. The Hall–Kier alpha value is -2.63. The monoisotopic (exact) mass is 388 g/mol. The highest BCUT2D eigenvalue weighted by Crippen LogP contribution is 2.34. The predicted octanol–water partition coefficient (Wildman–Crippen LogP) is 3.51. The van der Waals surface area contributed by atoms with Crippen molar-refractivity contribution >= 4 is 16.8 Å². The van der Waals surface area contributed by atoms with E-state index in [1.165, 1.54) is 22.1 Å². The molecule has 1 aliphatic heterocycles. The molecular weight excluding hydrogens is 360 g/mol. The third-order valence-corrected chi connectivity index (χ3v) is 6.58. The van der Waals surface area contributed by atoms with Crippen LogP contribution in [0.25, 0.3) is 10.9 Å². The molecule has 5 heteroatoms. The fraction of sp³-hybridized carbons (Fsp3) is 0.375. The molecule has 0 spiro atoms. The number of hydrogen-bond donors (Lipinski definition) is 4. The highest BCUT2D eigenvalue weighted by atomic mass is 16.1. The fourth-order valence-electron chi connectivity index (χ4n) is 4.94. The normalized spacial score (nSPS) is 19.4. The Balaban J connectivity index is 1.38. The molecule has 3 aromatic rings. The molecule has 1 saturated heterocycles. The molecule has 1 aromatic heterocycles. The standard InChI is InChI=1S/C24H28N4O/c25-13-15-1-4-19-17(11-15)2-6-23(19)28-24(29)18-3-5-22-20(12-18)21(14-27-22)16-7-9-26-10-8-16/h1,3-5,11-12,14,16,23,26-27H,2,6-10,13,25H2,(H,28,29). The molecule has 1 aliphatic carbocycles. The van der Waals surface area contributed by atoms with Crippen molar-refractivity contribution < 1.29 is 4.79 Å². The Morgan fingerprint density at radius 3 is 2.76 bits per heavy atom. The molecule has 0 bridgehead atoms. The molecule has 29 heavy (non-hydrogen) atoms. The molecule has 2 aliphatic rings. The van der Waals surface area contributed by atoms with Gasteiger partial charge < -0.3 is 21.4 Å². The summed E-state index contributed by atoms with van der Waals surface area (Å²) in [6.45, 7) is 2.68. The van der Waals surface area contributed by atoms with Gasteiger partial charge in [-0.25, -0.2) is 0 Å². The van der Waals surface area contributed by atoms with Gasteiger partial charge in [-0.15, -0.1) is 0 Å². The average Bonchev–Trinajstić information content (AvgIpc) is 3.37. The van der Waals surface area contributed by atoms with E-state index in [9.17, 15) is 4.79 Å². The van der Waals surface area contributed by atoms with Gasteiger partial charge in [0.1, 0.15) is 0 Å². The van der Waals surface area contributed by atoms with Crippen LogP contribution in [0.5, 0.6) is 0 Å². The summed E-state index contributed by atoms with van der Waals surface area (Å²) in [7, 11) is 0. The number of aromatic amines is 1. The summed E-state index contributed by atoms with van der Waals surface area (Å²) in [4.78, 5) is 16.4. The summed E-state index contributed by atoms with van der Waals surface area (Å²) in [5, 5.41) is 7.87. The number of carbonyl (C=O) groups excluding carboxylic acids is 1. The number of aromatic nitrogens is 1. The van der Waals surface area contributed by atoms with Gasteiger partial charge in [-0.05, 0) is 85.1 Å². The smallest absolute Gasteiger partial charge is 0.251 e. The van der Waals surface area contributed by atoms with Crippen LogP contribution in [0.15, 0.2) is 42.6 Å². The van der Waals surface area contributed by atoms with Crippen LogP contribution in [0.3, 0.4) is 0 Å². The Morgan fingerprint density at radius 1 is 1.07 bits per heavy atom. The van der Waals surface area contributed by atoms with Gasteiger partial charge >= 0.3 is 0 Å². The lowest BCUT2D eigenvalue weighted by Crippen LogP contribution is -2.27. The van der Waals surface area contributed by atoms with Crippen LogP contribution in [-0.2, 0) is 13.0 Å². The highest BCUT2D eigenvalue weighted by Gasteiger charge is 2.25. The van der Waals surface area contributed by atoms with Gasteiger partial charge in [-0.3, -0.25) is 4.79 Å². The summed E-state index contributed by atoms with van der Waals surface area (Å²) in [5.74, 6) is 0.562. The minimum Gasteiger partial charge on any atom is -0.361 e. The Bertz CT molecular complexity index is 1050. The maximum absolute atomic E-state index is 13.0. The van der Waals surface area contributed by atoms with Gasteiger partial charge in [0.25, 0.3) is 5.91 Å². The molecule has 2 aromatic carbocycles. The quantitative estimate of drug-likeness (QED) is 0.552. The number of nitrogens with two attached hydrogens (primary N) is 1. The third kappa shape index (κ3) is 3.45. The summed E-state index contributed by atoms with van der Waals surface area (Å²) < 4.78 is 0. The molecule has 2 heterocycles. The molecule has 1 unspecified atom stereocenters. The van der Waals surface area contributed by atoms with E-state index in [4.69, 9.17) is 5.73 Å². The van der Waals surface area contributed by atoms with E-state index in [1.54, 1.807) is 0 Å². The van der Waals surface area contributed by atoms with Crippen LogP contribution >= 0.6 is 0 Å². The van der Waals surface area contributed by atoms with Crippen molar-refractivity contribution in [1.82, 2.24) is 15.6 Å². The van der Waals surface area contributed by atoms with E-state index in [0.29, 0.717) is 12.5 Å². The Labute approximate surface area is 171 Å². The van der Waals surface area contributed by atoms with Crippen LogP contribution in [0, 0.1) is 0 Å².